The minimum Gasteiger partial charge on any atom is -0.478 e. The number of benzene rings is 1. The Morgan fingerprint density at radius 3 is 3.12 bits per heavy atom. The standard InChI is InChI=1S/C11H11N3O2/c12-3-5-14-6-4-13-9-7-8(11(15)16)1-2-10(9)14/h1-2,7,13H,4-6H2,(H,15,16). The van der Waals surface area contributed by atoms with Crippen LogP contribution in [0.3, 0.4) is 0 Å². The summed E-state index contributed by atoms with van der Waals surface area (Å²) >= 11 is 0. The topological polar surface area (TPSA) is 76.4 Å². The largest absolute Gasteiger partial charge is 0.478 e. The Bertz CT molecular complexity index is 465. The second-order valence-corrected chi connectivity index (χ2v) is 3.54. The quantitative estimate of drug-likeness (QED) is 0.726. The molecule has 0 radical (unpaired) electrons. The number of rotatable bonds is 2. The molecule has 0 saturated carbocycles. The van der Waals surface area contributed by atoms with Crippen LogP contribution in [0.1, 0.15) is 10.4 Å². The molecule has 0 fully saturated rings. The predicted molar refractivity (Wildman–Crippen MR) is 59.7 cm³/mol. The average Bonchev–Trinajstić information content (AvgIpc) is 2.29. The number of hydrogen-bond donors (Lipinski definition) is 2. The summed E-state index contributed by atoms with van der Waals surface area (Å²) in [5.41, 5.74) is 1.92. The fraction of sp³-hybridized carbons (Fsp3) is 0.273. The van der Waals surface area contributed by atoms with E-state index in [-0.39, 0.29) is 5.56 Å². The van der Waals surface area contributed by atoms with Crippen molar-refractivity contribution in [3.8, 4) is 6.07 Å². The number of anilines is 2. The first-order valence-electron chi connectivity index (χ1n) is 4.95. The summed E-state index contributed by atoms with van der Waals surface area (Å²) in [5.74, 6) is -0.943. The van der Waals surface area contributed by atoms with Crippen LogP contribution in [0.4, 0.5) is 11.4 Å². The Kier molecular flexibility index (Phi) is 2.64. The second kappa shape index (κ2) is 4.11. The highest BCUT2D eigenvalue weighted by Crippen LogP contribution is 2.29. The van der Waals surface area contributed by atoms with Gasteiger partial charge in [0.1, 0.15) is 6.54 Å². The fourth-order valence-corrected chi connectivity index (χ4v) is 1.78. The fourth-order valence-electron chi connectivity index (χ4n) is 1.78. The highest BCUT2D eigenvalue weighted by Gasteiger charge is 2.17. The van der Waals surface area contributed by atoms with Gasteiger partial charge in [-0.25, -0.2) is 4.79 Å². The van der Waals surface area contributed by atoms with Crippen LogP contribution in [-0.2, 0) is 0 Å². The molecule has 5 heteroatoms. The molecule has 0 aromatic heterocycles. The average molecular weight is 217 g/mol. The zero-order chi connectivity index (χ0) is 11.5. The van der Waals surface area contributed by atoms with E-state index in [2.05, 4.69) is 11.4 Å². The van der Waals surface area contributed by atoms with E-state index in [1.165, 1.54) is 0 Å². The van der Waals surface area contributed by atoms with Crippen molar-refractivity contribution >= 4 is 17.3 Å². The molecule has 82 valence electrons. The van der Waals surface area contributed by atoms with E-state index in [1.54, 1.807) is 18.2 Å². The van der Waals surface area contributed by atoms with Gasteiger partial charge in [0.05, 0.1) is 23.0 Å². The minimum atomic E-state index is -0.943. The summed E-state index contributed by atoms with van der Waals surface area (Å²) in [4.78, 5) is 12.7. The number of aromatic carboxylic acids is 1. The molecule has 2 N–H and O–H groups in total. The molecule has 0 atom stereocenters. The first-order chi connectivity index (χ1) is 7.72. The van der Waals surface area contributed by atoms with Gasteiger partial charge in [0, 0.05) is 13.1 Å². The monoisotopic (exact) mass is 217 g/mol. The van der Waals surface area contributed by atoms with Crippen molar-refractivity contribution in [2.24, 2.45) is 0 Å². The van der Waals surface area contributed by atoms with E-state index < -0.39 is 5.97 Å². The zero-order valence-electron chi connectivity index (χ0n) is 8.60. The molecule has 1 heterocycles. The van der Waals surface area contributed by atoms with E-state index >= 15 is 0 Å². The number of nitriles is 1. The number of carboxylic acids is 1. The third kappa shape index (κ3) is 1.77. The Morgan fingerprint density at radius 1 is 1.62 bits per heavy atom. The molecule has 0 saturated heterocycles. The molecule has 1 aromatic carbocycles. The summed E-state index contributed by atoms with van der Waals surface area (Å²) in [6.45, 7) is 1.80. The number of fused-ring (bicyclic) bond motifs is 1. The first kappa shape index (κ1) is 10.3. The second-order valence-electron chi connectivity index (χ2n) is 3.54. The van der Waals surface area contributed by atoms with Crippen LogP contribution < -0.4 is 10.2 Å². The van der Waals surface area contributed by atoms with Crippen molar-refractivity contribution in [2.45, 2.75) is 0 Å². The Labute approximate surface area is 92.9 Å². The van der Waals surface area contributed by atoms with Crippen LogP contribution in [0.25, 0.3) is 0 Å². The number of carbonyl (C=O) groups is 1. The van der Waals surface area contributed by atoms with Crippen molar-refractivity contribution in [3.63, 3.8) is 0 Å². The van der Waals surface area contributed by atoms with Gasteiger partial charge in [-0.2, -0.15) is 5.26 Å². The van der Waals surface area contributed by atoms with Gasteiger partial charge < -0.3 is 15.3 Å². The van der Waals surface area contributed by atoms with Crippen molar-refractivity contribution in [2.75, 3.05) is 29.9 Å². The number of nitrogens with zero attached hydrogens (tertiary/aromatic N) is 2. The van der Waals surface area contributed by atoms with E-state index in [9.17, 15) is 4.79 Å². The van der Waals surface area contributed by atoms with E-state index in [1.807, 2.05) is 4.90 Å². The molecular formula is C11H11N3O2. The third-order valence-electron chi connectivity index (χ3n) is 2.54. The van der Waals surface area contributed by atoms with Gasteiger partial charge in [-0.05, 0) is 18.2 Å². The van der Waals surface area contributed by atoms with Gasteiger partial charge in [-0.1, -0.05) is 0 Å². The predicted octanol–water partition coefficient (Wildman–Crippen LogP) is 1.14. The van der Waals surface area contributed by atoms with Crippen LogP contribution in [0.15, 0.2) is 18.2 Å². The van der Waals surface area contributed by atoms with Crippen molar-refractivity contribution in [1.29, 1.82) is 5.26 Å². The lowest BCUT2D eigenvalue weighted by Crippen LogP contribution is -2.34. The van der Waals surface area contributed by atoms with Gasteiger partial charge in [-0.3, -0.25) is 0 Å². The summed E-state index contributed by atoms with van der Waals surface area (Å²) in [5, 5.41) is 20.7. The Morgan fingerprint density at radius 2 is 2.44 bits per heavy atom. The van der Waals surface area contributed by atoms with Crippen LogP contribution in [0.5, 0.6) is 0 Å². The lowest BCUT2D eigenvalue weighted by molar-refractivity contribution is 0.0697. The van der Waals surface area contributed by atoms with Gasteiger partial charge in [0.2, 0.25) is 0 Å². The Balaban J connectivity index is 2.37. The van der Waals surface area contributed by atoms with Gasteiger partial charge in [0.15, 0.2) is 0 Å². The molecule has 1 aliphatic rings. The highest BCUT2D eigenvalue weighted by molar-refractivity contribution is 5.91. The summed E-state index contributed by atoms with van der Waals surface area (Å²) in [7, 11) is 0. The molecule has 1 aromatic rings. The third-order valence-corrected chi connectivity index (χ3v) is 2.54. The van der Waals surface area contributed by atoms with Crippen LogP contribution in [0.2, 0.25) is 0 Å². The van der Waals surface area contributed by atoms with Crippen molar-refractivity contribution in [1.82, 2.24) is 0 Å². The van der Waals surface area contributed by atoms with Crippen molar-refractivity contribution in [3.05, 3.63) is 23.8 Å². The summed E-state index contributed by atoms with van der Waals surface area (Å²) in [6.07, 6.45) is 0. The maximum atomic E-state index is 10.8. The lowest BCUT2D eigenvalue weighted by Gasteiger charge is -2.30. The van der Waals surface area contributed by atoms with Crippen LogP contribution in [-0.4, -0.2) is 30.7 Å². The maximum absolute atomic E-state index is 10.8. The zero-order valence-corrected chi connectivity index (χ0v) is 8.60. The molecule has 2 rings (SSSR count). The number of carboxylic acid groups (broad SMARTS) is 1. The smallest absolute Gasteiger partial charge is 0.335 e. The molecule has 1 aliphatic heterocycles. The molecule has 0 amide bonds. The number of nitrogens with one attached hydrogen (secondary N) is 1. The van der Waals surface area contributed by atoms with Gasteiger partial charge >= 0.3 is 5.97 Å². The van der Waals surface area contributed by atoms with Crippen LogP contribution in [0, 0.1) is 11.3 Å². The molecule has 0 spiro atoms. The lowest BCUT2D eigenvalue weighted by atomic mass is 10.1. The number of hydrogen-bond acceptors (Lipinski definition) is 4. The van der Waals surface area contributed by atoms with Gasteiger partial charge in [-0.15, -0.1) is 0 Å². The normalized spacial score (nSPS) is 13.6. The maximum Gasteiger partial charge on any atom is 0.335 e. The highest BCUT2D eigenvalue weighted by atomic mass is 16.4. The molecule has 0 unspecified atom stereocenters. The molecule has 0 aliphatic carbocycles. The van der Waals surface area contributed by atoms with E-state index in [0.717, 1.165) is 24.5 Å². The van der Waals surface area contributed by atoms with E-state index in [0.29, 0.717) is 6.54 Å². The SMILES string of the molecule is N#CCN1CCNc2cc(C(=O)O)ccc21. The summed E-state index contributed by atoms with van der Waals surface area (Å²) in [6, 6.07) is 6.99. The Hall–Kier alpha value is -2.22. The molecule has 5 nitrogen and oxygen atoms in total. The minimum absolute atomic E-state index is 0.255. The first-order valence-corrected chi connectivity index (χ1v) is 4.95. The van der Waals surface area contributed by atoms with Crippen LogP contribution >= 0.6 is 0 Å². The van der Waals surface area contributed by atoms with Crippen molar-refractivity contribution < 1.29 is 9.90 Å². The summed E-state index contributed by atoms with van der Waals surface area (Å²) < 4.78 is 0. The molecule has 0 bridgehead atoms. The molecule has 16 heavy (non-hydrogen) atoms. The molecular weight excluding hydrogens is 206 g/mol. The van der Waals surface area contributed by atoms with E-state index in [4.69, 9.17) is 10.4 Å². The van der Waals surface area contributed by atoms with Gasteiger partial charge in [0.25, 0.3) is 0 Å².